The zero-order valence-corrected chi connectivity index (χ0v) is 15.3. The largest absolute Gasteiger partial charge is 0.383 e. The SMILES string of the molecule is CCSc1ccccc1NC(=O)N(CCOC)Cc1ccccc1F. The molecule has 6 heteroatoms. The van der Waals surface area contributed by atoms with Crippen LogP contribution in [-0.2, 0) is 11.3 Å². The lowest BCUT2D eigenvalue weighted by Crippen LogP contribution is -2.37. The van der Waals surface area contributed by atoms with Crippen LogP contribution in [0.15, 0.2) is 53.4 Å². The topological polar surface area (TPSA) is 41.6 Å². The quantitative estimate of drug-likeness (QED) is 0.697. The monoisotopic (exact) mass is 362 g/mol. The van der Waals surface area contributed by atoms with Gasteiger partial charge in [0, 0.05) is 24.1 Å². The summed E-state index contributed by atoms with van der Waals surface area (Å²) in [5.41, 5.74) is 1.24. The molecule has 0 aliphatic heterocycles. The summed E-state index contributed by atoms with van der Waals surface area (Å²) in [6.45, 7) is 3.00. The van der Waals surface area contributed by atoms with Crippen LogP contribution in [0.5, 0.6) is 0 Å². The third-order valence-corrected chi connectivity index (χ3v) is 4.56. The number of nitrogens with zero attached hydrogens (tertiary/aromatic N) is 1. The van der Waals surface area contributed by atoms with Gasteiger partial charge in [-0.15, -0.1) is 11.8 Å². The molecule has 0 unspecified atom stereocenters. The number of hydrogen-bond donors (Lipinski definition) is 1. The Balaban J connectivity index is 2.14. The first kappa shape index (κ1) is 19.3. The van der Waals surface area contributed by atoms with Crippen LogP contribution >= 0.6 is 11.8 Å². The van der Waals surface area contributed by atoms with Gasteiger partial charge in [0.1, 0.15) is 5.82 Å². The van der Waals surface area contributed by atoms with E-state index in [-0.39, 0.29) is 18.4 Å². The average Bonchev–Trinajstić information content (AvgIpc) is 2.62. The number of thioether (sulfide) groups is 1. The minimum Gasteiger partial charge on any atom is -0.383 e. The molecule has 0 heterocycles. The van der Waals surface area contributed by atoms with Crippen LogP contribution in [0.2, 0.25) is 0 Å². The van der Waals surface area contributed by atoms with Crippen LogP contribution in [0.25, 0.3) is 0 Å². The van der Waals surface area contributed by atoms with Gasteiger partial charge in [-0.25, -0.2) is 9.18 Å². The van der Waals surface area contributed by atoms with Crippen molar-refractivity contribution in [2.24, 2.45) is 0 Å². The second-order valence-corrected chi connectivity index (χ2v) is 6.67. The molecule has 0 aliphatic carbocycles. The summed E-state index contributed by atoms with van der Waals surface area (Å²) in [7, 11) is 1.58. The molecular weight excluding hydrogens is 339 g/mol. The van der Waals surface area contributed by atoms with Crippen molar-refractivity contribution in [3.8, 4) is 0 Å². The van der Waals surface area contributed by atoms with Crippen LogP contribution in [-0.4, -0.2) is 36.9 Å². The minimum absolute atomic E-state index is 0.185. The molecular formula is C19H23FN2O2S. The number of carbonyl (C=O) groups excluding carboxylic acids is 1. The van der Waals surface area contributed by atoms with Crippen molar-refractivity contribution in [2.45, 2.75) is 18.4 Å². The van der Waals surface area contributed by atoms with E-state index in [1.807, 2.05) is 24.3 Å². The van der Waals surface area contributed by atoms with Gasteiger partial charge < -0.3 is 15.0 Å². The van der Waals surface area contributed by atoms with E-state index in [0.29, 0.717) is 18.7 Å². The number of anilines is 1. The Kier molecular flexibility index (Phi) is 7.76. The maximum Gasteiger partial charge on any atom is 0.322 e. The Labute approximate surface area is 152 Å². The second kappa shape index (κ2) is 10.1. The molecule has 134 valence electrons. The van der Waals surface area contributed by atoms with Crippen molar-refractivity contribution in [1.29, 1.82) is 0 Å². The third kappa shape index (κ3) is 5.76. The lowest BCUT2D eigenvalue weighted by molar-refractivity contribution is 0.152. The maximum absolute atomic E-state index is 13.9. The highest BCUT2D eigenvalue weighted by Crippen LogP contribution is 2.27. The van der Waals surface area contributed by atoms with Crippen LogP contribution in [0, 0.1) is 5.82 Å². The van der Waals surface area contributed by atoms with E-state index in [1.54, 1.807) is 42.0 Å². The molecule has 1 N–H and O–H groups in total. The molecule has 2 aromatic rings. The molecule has 25 heavy (non-hydrogen) atoms. The van der Waals surface area contributed by atoms with Crippen molar-refractivity contribution in [3.63, 3.8) is 0 Å². The first-order chi connectivity index (χ1) is 12.2. The minimum atomic E-state index is -0.320. The van der Waals surface area contributed by atoms with Gasteiger partial charge in [-0.1, -0.05) is 37.3 Å². The fraction of sp³-hybridized carbons (Fsp3) is 0.316. The number of benzene rings is 2. The standard InChI is InChI=1S/C19H23FN2O2S/c1-3-25-18-11-7-6-10-17(18)21-19(23)22(12-13-24-2)14-15-8-4-5-9-16(15)20/h4-11H,3,12-14H2,1-2H3,(H,21,23). The van der Waals surface area contributed by atoms with Gasteiger partial charge in [0.05, 0.1) is 18.8 Å². The second-order valence-electron chi connectivity index (χ2n) is 5.37. The number of methoxy groups -OCH3 is 1. The zero-order chi connectivity index (χ0) is 18.1. The Hall–Kier alpha value is -2.05. The molecule has 0 atom stereocenters. The predicted octanol–water partition coefficient (Wildman–Crippen LogP) is 4.62. The Morgan fingerprint density at radius 2 is 1.92 bits per heavy atom. The van der Waals surface area contributed by atoms with Gasteiger partial charge in [-0.05, 0) is 24.0 Å². The number of urea groups is 1. The lowest BCUT2D eigenvalue weighted by atomic mass is 10.2. The van der Waals surface area contributed by atoms with E-state index < -0.39 is 0 Å². The summed E-state index contributed by atoms with van der Waals surface area (Å²) in [6.07, 6.45) is 0. The smallest absolute Gasteiger partial charge is 0.322 e. The van der Waals surface area contributed by atoms with E-state index in [9.17, 15) is 9.18 Å². The molecule has 0 aliphatic rings. The van der Waals surface area contributed by atoms with Crippen molar-refractivity contribution in [3.05, 3.63) is 59.9 Å². The first-order valence-electron chi connectivity index (χ1n) is 8.15. The predicted molar refractivity (Wildman–Crippen MR) is 101 cm³/mol. The van der Waals surface area contributed by atoms with Crippen LogP contribution in [0.1, 0.15) is 12.5 Å². The summed E-state index contributed by atoms with van der Waals surface area (Å²) in [5, 5.41) is 2.93. The Morgan fingerprint density at radius 1 is 1.20 bits per heavy atom. The van der Waals surface area contributed by atoms with Gasteiger partial charge in [-0.2, -0.15) is 0 Å². The fourth-order valence-electron chi connectivity index (χ4n) is 2.33. The van der Waals surface area contributed by atoms with Gasteiger partial charge in [0.2, 0.25) is 0 Å². The van der Waals surface area contributed by atoms with Crippen molar-refractivity contribution in [2.75, 3.05) is 31.3 Å². The van der Waals surface area contributed by atoms with E-state index in [4.69, 9.17) is 4.74 Å². The summed E-state index contributed by atoms with van der Waals surface area (Å²) in [6, 6.07) is 13.9. The average molecular weight is 362 g/mol. The molecule has 2 aromatic carbocycles. The number of halogens is 1. The fourth-order valence-corrected chi connectivity index (χ4v) is 3.09. The Morgan fingerprint density at radius 3 is 2.64 bits per heavy atom. The molecule has 0 aromatic heterocycles. The van der Waals surface area contributed by atoms with Crippen molar-refractivity contribution >= 4 is 23.5 Å². The van der Waals surface area contributed by atoms with E-state index in [1.165, 1.54) is 6.07 Å². The third-order valence-electron chi connectivity index (χ3n) is 3.60. The summed E-state index contributed by atoms with van der Waals surface area (Å²) >= 11 is 1.66. The molecule has 2 amide bonds. The summed E-state index contributed by atoms with van der Waals surface area (Å²) in [5.74, 6) is 0.592. The molecule has 2 rings (SSSR count). The number of nitrogens with one attached hydrogen (secondary N) is 1. The van der Waals surface area contributed by atoms with Gasteiger partial charge in [0.15, 0.2) is 0 Å². The highest BCUT2D eigenvalue weighted by atomic mass is 32.2. The molecule has 0 radical (unpaired) electrons. The van der Waals surface area contributed by atoms with Crippen LogP contribution < -0.4 is 5.32 Å². The number of amides is 2. The van der Waals surface area contributed by atoms with E-state index in [2.05, 4.69) is 12.2 Å². The van der Waals surface area contributed by atoms with Crippen LogP contribution in [0.3, 0.4) is 0 Å². The van der Waals surface area contributed by atoms with Crippen molar-refractivity contribution in [1.82, 2.24) is 4.90 Å². The maximum atomic E-state index is 13.9. The zero-order valence-electron chi connectivity index (χ0n) is 14.5. The molecule has 0 saturated heterocycles. The number of carbonyl (C=O) groups is 1. The highest BCUT2D eigenvalue weighted by Gasteiger charge is 2.17. The molecule has 0 fully saturated rings. The van der Waals surface area contributed by atoms with Gasteiger partial charge >= 0.3 is 6.03 Å². The van der Waals surface area contributed by atoms with Crippen molar-refractivity contribution < 1.29 is 13.9 Å². The number of para-hydroxylation sites is 1. The molecule has 0 spiro atoms. The van der Waals surface area contributed by atoms with E-state index in [0.717, 1.165) is 16.3 Å². The summed E-state index contributed by atoms with van der Waals surface area (Å²) in [4.78, 5) is 15.3. The molecule has 4 nitrogen and oxygen atoms in total. The first-order valence-corrected chi connectivity index (χ1v) is 9.14. The highest BCUT2D eigenvalue weighted by molar-refractivity contribution is 7.99. The van der Waals surface area contributed by atoms with Crippen LogP contribution in [0.4, 0.5) is 14.9 Å². The van der Waals surface area contributed by atoms with Gasteiger partial charge in [-0.3, -0.25) is 0 Å². The summed E-state index contributed by atoms with van der Waals surface area (Å²) < 4.78 is 19.0. The van der Waals surface area contributed by atoms with Gasteiger partial charge in [0.25, 0.3) is 0 Å². The number of ether oxygens (including phenoxy) is 1. The molecule has 0 saturated carbocycles. The molecule has 0 bridgehead atoms. The normalized spacial score (nSPS) is 10.5. The Bertz CT molecular complexity index is 697. The van der Waals surface area contributed by atoms with E-state index >= 15 is 0 Å². The number of rotatable bonds is 8. The number of hydrogen-bond acceptors (Lipinski definition) is 3. The lowest BCUT2D eigenvalue weighted by Gasteiger charge is -2.24.